The summed E-state index contributed by atoms with van der Waals surface area (Å²) in [5.74, 6) is 2.18. The second kappa shape index (κ2) is 5.94. The summed E-state index contributed by atoms with van der Waals surface area (Å²) < 4.78 is 0. The van der Waals surface area contributed by atoms with Crippen LogP contribution in [0, 0.1) is 22.7 Å². The van der Waals surface area contributed by atoms with Crippen LogP contribution in [0.3, 0.4) is 0 Å². The van der Waals surface area contributed by atoms with Crippen LogP contribution in [0.4, 0.5) is 0 Å². The fourth-order valence-electron chi connectivity index (χ4n) is 1.81. The Bertz CT molecular complexity index is 200. The van der Waals surface area contributed by atoms with Crippen LogP contribution in [-0.4, -0.2) is 0 Å². The molecule has 0 aromatic carbocycles. The van der Waals surface area contributed by atoms with E-state index < -0.39 is 0 Å². The van der Waals surface area contributed by atoms with Crippen molar-refractivity contribution in [1.29, 1.82) is 0 Å². The van der Waals surface area contributed by atoms with Gasteiger partial charge in [-0.3, -0.25) is 0 Å². The van der Waals surface area contributed by atoms with Crippen molar-refractivity contribution in [2.24, 2.45) is 16.7 Å². The molecule has 1 unspecified atom stereocenters. The molecule has 0 saturated carbocycles. The second-order valence-electron chi connectivity index (χ2n) is 5.23. The molecule has 92 valence electrons. The van der Waals surface area contributed by atoms with E-state index in [1.165, 1.54) is 5.92 Å². The number of rotatable bonds is 0. The summed E-state index contributed by atoms with van der Waals surface area (Å²) >= 11 is -0.346. The van der Waals surface area contributed by atoms with Gasteiger partial charge in [-0.25, -0.2) is 18.1 Å². The third-order valence-electron chi connectivity index (χ3n) is 4.37. The van der Waals surface area contributed by atoms with Gasteiger partial charge in [0.25, 0.3) is 0 Å². The Morgan fingerprint density at radius 3 is 1.93 bits per heavy atom. The molecular weight excluding hydrogens is 316 g/mol. The maximum absolute atomic E-state index is 4.85. The molecule has 0 aliphatic heterocycles. The molecular formula is C12H21Cl2Ru-. The number of hydrogen-bond acceptors (Lipinski definition) is 0. The molecule has 0 fully saturated rings. The SMILES string of the molecule is C[C-]1C=CC(C)C(C)(C)C1(C)C.[Cl][Ru][Cl]. The molecule has 0 bridgehead atoms. The molecule has 1 atom stereocenters. The van der Waals surface area contributed by atoms with Crippen molar-refractivity contribution >= 4 is 19.4 Å². The molecule has 1 aliphatic rings. The molecule has 0 amide bonds. The zero-order valence-corrected chi connectivity index (χ0v) is 13.6. The van der Waals surface area contributed by atoms with Gasteiger partial charge >= 0.3 is 34.5 Å². The fourth-order valence-corrected chi connectivity index (χ4v) is 1.81. The van der Waals surface area contributed by atoms with Gasteiger partial charge in [0.2, 0.25) is 0 Å². The zero-order chi connectivity index (χ0) is 12.3. The van der Waals surface area contributed by atoms with E-state index in [2.05, 4.69) is 53.7 Å². The van der Waals surface area contributed by atoms with Gasteiger partial charge < -0.3 is 0 Å². The summed E-state index contributed by atoms with van der Waals surface area (Å²) in [7, 11) is 9.71. The van der Waals surface area contributed by atoms with Gasteiger partial charge in [0, 0.05) is 0 Å². The maximum atomic E-state index is 4.85. The van der Waals surface area contributed by atoms with Crippen LogP contribution in [0.15, 0.2) is 12.2 Å². The quantitative estimate of drug-likeness (QED) is 0.420. The van der Waals surface area contributed by atoms with E-state index in [0.717, 1.165) is 0 Å². The van der Waals surface area contributed by atoms with Crippen molar-refractivity contribution < 1.29 is 15.1 Å². The number of allylic oxidation sites excluding steroid dienone is 2. The Labute approximate surface area is 110 Å². The molecule has 1 rings (SSSR count). The van der Waals surface area contributed by atoms with Crippen LogP contribution >= 0.6 is 19.4 Å². The molecule has 0 spiro atoms. The van der Waals surface area contributed by atoms with E-state index in [1.54, 1.807) is 0 Å². The van der Waals surface area contributed by atoms with E-state index in [4.69, 9.17) is 19.4 Å². The monoisotopic (exact) mass is 337 g/mol. The van der Waals surface area contributed by atoms with Gasteiger partial charge in [0.15, 0.2) is 0 Å². The minimum atomic E-state index is -0.346. The van der Waals surface area contributed by atoms with Crippen molar-refractivity contribution in [3.8, 4) is 0 Å². The fraction of sp³-hybridized carbons (Fsp3) is 0.750. The van der Waals surface area contributed by atoms with Crippen molar-refractivity contribution in [3.63, 3.8) is 0 Å². The average Bonchev–Trinajstić information content (AvgIpc) is 2.12. The molecule has 0 aromatic rings. The Hall–Kier alpha value is 0.813. The summed E-state index contributed by atoms with van der Waals surface area (Å²) in [6.07, 6.45) is 4.62. The first-order valence-corrected chi connectivity index (χ1v) is 9.56. The second-order valence-corrected chi connectivity index (χ2v) is 7.87. The molecule has 0 aromatic heterocycles. The third-order valence-corrected chi connectivity index (χ3v) is 4.37. The van der Waals surface area contributed by atoms with Crippen LogP contribution in [0.2, 0.25) is 0 Å². The first-order valence-electron chi connectivity index (χ1n) is 5.09. The molecule has 3 heteroatoms. The van der Waals surface area contributed by atoms with Gasteiger partial charge in [0.05, 0.1) is 0 Å². The Balaban J connectivity index is 0.000000583. The van der Waals surface area contributed by atoms with Crippen LogP contribution in [0.1, 0.15) is 41.5 Å². The average molecular weight is 337 g/mol. The molecule has 0 nitrogen and oxygen atoms in total. The molecule has 1 aliphatic carbocycles. The molecule has 0 N–H and O–H groups in total. The van der Waals surface area contributed by atoms with Gasteiger partial charge in [-0.15, -0.1) is 6.92 Å². The molecule has 15 heavy (non-hydrogen) atoms. The van der Waals surface area contributed by atoms with Crippen LogP contribution in [0.5, 0.6) is 0 Å². The van der Waals surface area contributed by atoms with Crippen molar-refractivity contribution in [3.05, 3.63) is 18.1 Å². The molecule has 0 saturated heterocycles. The van der Waals surface area contributed by atoms with Crippen LogP contribution < -0.4 is 0 Å². The van der Waals surface area contributed by atoms with Gasteiger partial charge in [-0.2, -0.15) is 0 Å². The Kier molecular flexibility index (Phi) is 6.26. The van der Waals surface area contributed by atoms with Crippen molar-refractivity contribution in [2.75, 3.05) is 0 Å². The van der Waals surface area contributed by atoms with Crippen molar-refractivity contribution in [2.45, 2.75) is 41.5 Å². The first-order chi connectivity index (χ1) is 6.71. The first kappa shape index (κ1) is 15.8. The zero-order valence-electron chi connectivity index (χ0n) is 10.3. The molecule has 0 heterocycles. The van der Waals surface area contributed by atoms with Gasteiger partial charge in [0.1, 0.15) is 0 Å². The van der Waals surface area contributed by atoms with E-state index in [0.29, 0.717) is 16.7 Å². The normalized spacial score (nSPS) is 27.2. The summed E-state index contributed by atoms with van der Waals surface area (Å²) in [6.45, 7) is 14.0. The van der Waals surface area contributed by atoms with Crippen molar-refractivity contribution in [1.82, 2.24) is 0 Å². The van der Waals surface area contributed by atoms with E-state index in [1.807, 2.05) is 0 Å². The summed E-state index contributed by atoms with van der Waals surface area (Å²) in [5.41, 5.74) is 0.715. The van der Waals surface area contributed by atoms with Crippen LogP contribution in [0.25, 0.3) is 0 Å². The van der Waals surface area contributed by atoms with Gasteiger partial charge in [-0.1, -0.05) is 51.4 Å². The van der Waals surface area contributed by atoms with E-state index in [-0.39, 0.29) is 15.1 Å². The predicted molar refractivity (Wildman–Crippen MR) is 66.5 cm³/mol. The van der Waals surface area contributed by atoms with E-state index in [9.17, 15) is 0 Å². The summed E-state index contributed by atoms with van der Waals surface area (Å²) in [4.78, 5) is 0. The summed E-state index contributed by atoms with van der Waals surface area (Å²) in [6, 6.07) is 0. The predicted octanol–water partition coefficient (Wildman–Crippen LogP) is 5.22. The number of hydrogen-bond donors (Lipinski definition) is 0. The third kappa shape index (κ3) is 3.38. The Morgan fingerprint density at radius 2 is 1.60 bits per heavy atom. The number of halogens is 2. The standard InChI is InChI=1S/C12H21.2ClH.Ru/c1-9-7-8-10(2)12(5,6)11(9,3)4;;;/h7-9H,1-6H3;2*1H;/q-1;;;+2/p-2. The van der Waals surface area contributed by atoms with Crippen LogP contribution in [-0.2, 0) is 15.1 Å². The van der Waals surface area contributed by atoms with E-state index >= 15 is 0 Å². The summed E-state index contributed by atoms with van der Waals surface area (Å²) in [5, 5.41) is 0. The minimum absolute atomic E-state index is 0.334. The Morgan fingerprint density at radius 1 is 1.20 bits per heavy atom. The van der Waals surface area contributed by atoms with Gasteiger partial charge in [-0.05, 0) is 0 Å². The topological polar surface area (TPSA) is 0 Å². The molecule has 0 radical (unpaired) electrons.